The summed E-state index contributed by atoms with van der Waals surface area (Å²) in [5, 5.41) is 50.1. The quantitative estimate of drug-likeness (QED) is 0.0153. The molecule has 0 heterocycles. The molecule has 1 fully saturated rings. The topological polar surface area (TPSA) is 192 Å². The lowest BCUT2D eigenvalue weighted by Gasteiger charge is -2.41. The van der Waals surface area contributed by atoms with Gasteiger partial charge < -0.3 is 39.9 Å². The Morgan fingerprint density at radius 3 is 1.55 bits per heavy atom. The Hall–Kier alpha value is -1.96. The summed E-state index contributed by atoms with van der Waals surface area (Å²) < 4.78 is 34.1. The number of esters is 1. The zero-order valence-corrected chi connectivity index (χ0v) is 36.5. The van der Waals surface area contributed by atoms with E-state index in [1.807, 2.05) is 0 Å². The van der Waals surface area contributed by atoms with Gasteiger partial charge in [-0.1, -0.05) is 132 Å². The number of phosphoric ester groups is 1. The van der Waals surface area contributed by atoms with Gasteiger partial charge in [-0.05, 0) is 77.0 Å². The minimum atomic E-state index is -5.03. The van der Waals surface area contributed by atoms with E-state index in [-0.39, 0.29) is 13.0 Å². The largest absolute Gasteiger partial charge is 0.472 e. The fourth-order valence-electron chi connectivity index (χ4n) is 6.34. The fourth-order valence-corrected chi connectivity index (χ4v) is 7.31. The maximum absolute atomic E-state index is 12.8. The lowest BCUT2D eigenvalue weighted by atomic mass is 9.85. The van der Waals surface area contributed by atoms with Gasteiger partial charge in [-0.25, -0.2) is 4.57 Å². The number of rotatable bonds is 36. The summed E-state index contributed by atoms with van der Waals surface area (Å²) in [4.78, 5) is 23.1. The summed E-state index contributed by atoms with van der Waals surface area (Å²) in [6.45, 7) is 4.06. The third-order valence-electron chi connectivity index (χ3n) is 9.87. The van der Waals surface area contributed by atoms with Crippen molar-refractivity contribution < 1.29 is 58.3 Å². The molecule has 6 N–H and O–H groups in total. The predicted octanol–water partition coefficient (Wildman–Crippen LogP) is 8.64. The van der Waals surface area contributed by atoms with Crippen LogP contribution in [0.15, 0.2) is 60.8 Å². The monoisotopic (exact) mass is 843 g/mol. The SMILES string of the molecule is CC/C=C\C/C=C\C/C=C\CCCCCCCC(=O)OC(COCCCCCCCC/C=C\C/C=C\CCCCC)COP(=O)(O)OC1C(O)C(O)C(O)C(O)C1O. The lowest BCUT2D eigenvalue weighted by Crippen LogP contribution is -2.64. The van der Waals surface area contributed by atoms with Gasteiger partial charge in [-0.2, -0.15) is 0 Å². The van der Waals surface area contributed by atoms with Crippen LogP contribution < -0.4 is 0 Å². The first-order valence-corrected chi connectivity index (χ1v) is 23.6. The number of carbonyl (C=O) groups excluding carboxylic acids is 1. The molecule has 12 nitrogen and oxygen atoms in total. The van der Waals surface area contributed by atoms with Crippen LogP contribution in [0.2, 0.25) is 0 Å². The maximum atomic E-state index is 12.8. The molecule has 0 bridgehead atoms. The molecule has 336 valence electrons. The van der Waals surface area contributed by atoms with Crippen molar-refractivity contribution in [2.45, 2.75) is 198 Å². The van der Waals surface area contributed by atoms with E-state index in [4.69, 9.17) is 18.5 Å². The maximum Gasteiger partial charge on any atom is 0.472 e. The van der Waals surface area contributed by atoms with Crippen LogP contribution in [0.25, 0.3) is 0 Å². The van der Waals surface area contributed by atoms with E-state index in [0.717, 1.165) is 103 Å². The molecule has 0 aromatic carbocycles. The first-order valence-electron chi connectivity index (χ1n) is 22.1. The van der Waals surface area contributed by atoms with E-state index >= 15 is 0 Å². The molecule has 0 saturated heterocycles. The molecular weight excluding hydrogens is 763 g/mol. The van der Waals surface area contributed by atoms with Crippen LogP contribution in [0.1, 0.15) is 155 Å². The molecule has 6 atom stereocenters. The minimum absolute atomic E-state index is 0.0937. The van der Waals surface area contributed by atoms with Crippen LogP contribution in [-0.2, 0) is 27.9 Å². The molecular formula is C45H79O12P. The number of ether oxygens (including phenoxy) is 2. The molecule has 0 aromatic rings. The third-order valence-corrected chi connectivity index (χ3v) is 10.9. The Kier molecular flexibility index (Phi) is 33.3. The summed E-state index contributed by atoms with van der Waals surface area (Å²) in [5.74, 6) is -0.501. The van der Waals surface area contributed by atoms with E-state index in [2.05, 4.69) is 74.6 Å². The highest BCUT2D eigenvalue weighted by atomic mass is 31.2. The van der Waals surface area contributed by atoms with Crippen molar-refractivity contribution in [1.29, 1.82) is 0 Å². The molecule has 0 amide bonds. The van der Waals surface area contributed by atoms with Crippen LogP contribution in [0.4, 0.5) is 0 Å². The van der Waals surface area contributed by atoms with Crippen molar-refractivity contribution in [1.82, 2.24) is 0 Å². The number of hydrogen-bond acceptors (Lipinski definition) is 11. The Bertz CT molecular complexity index is 1190. The number of unbranched alkanes of at least 4 members (excludes halogenated alkanes) is 14. The molecule has 1 rings (SSSR count). The van der Waals surface area contributed by atoms with Crippen LogP contribution in [0, 0.1) is 0 Å². The molecule has 0 aromatic heterocycles. The Labute approximate surface area is 349 Å². The normalized spacial score (nSPS) is 23.2. The fraction of sp³-hybridized carbons (Fsp3) is 0.756. The molecule has 6 unspecified atom stereocenters. The van der Waals surface area contributed by atoms with Crippen molar-refractivity contribution in [3.8, 4) is 0 Å². The van der Waals surface area contributed by atoms with Gasteiger partial charge in [0.05, 0.1) is 13.2 Å². The van der Waals surface area contributed by atoms with Crippen LogP contribution in [0.5, 0.6) is 0 Å². The van der Waals surface area contributed by atoms with Crippen molar-refractivity contribution in [2.24, 2.45) is 0 Å². The van der Waals surface area contributed by atoms with Crippen LogP contribution in [0.3, 0.4) is 0 Å². The van der Waals surface area contributed by atoms with Gasteiger partial charge in [-0.15, -0.1) is 0 Å². The lowest BCUT2D eigenvalue weighted by molar-refractivity contribution is -0.220. The second-order valence-corrected chi connectivity index (χ2v) is 16.6. The van der Waals surface area contributed by atoms with E-state index in [0.29, 0.717) is 13.0 Å². The number of hydrogen-bond donors (Lipinski definition) is 6. The third kappa shape index (κ3) is 27.7. The summed E-state index contributed by atoms with van der Waals surface area (Å²) in [5.41, 5.74) is 0. The molecule has 1 aliphatic rings. The predicted molar refractivity (Wildman–Crippen MR) is 230 cm³/mol. The smallest absolute Gasteiger partial charge is 0.457 e. The Morgan fingerprint density at radius 1 is 0.569 bits per heavy atom. The number of aliphatic hydroxyl groups is 5. The van der Waals surface area contributed by atoms with Crippen molar-refractivity contribution in [3.05, 3.63) is 60.8 Å². The van der Waals surface area contributed by atoms with E-state index in [1.165, 1.54) is 25.7 Å². The van der Waals surface area contributed by atoms with Crippen molar-refractivity contribution in [3.63, 3.8) is 0 Å². The second kappa shape index (κ2) is 35.8. The molecule has 1 saturated carbocycles. The van der Waals surface area contributed by atoms with Crippen LogP contribution >= 0.6 is 7.82 Å². The molecule has 0 radical (unpaired) electrons. The summed E-state index contributed by atoms with van der Waals surface area (Å²) >= 11 is 0. The molecule has 0 aliphatic heterocycles. The Balaban J connectivity index is 2.44. The minimum Gasteiger partial charge on any atom is -0.457 e. The van der Waals surface area contributed by atoms with E-state index < -0.39 is 63.1 Å². The zero-order valence-electron chi connectivity index (χ0n) is 35.6. The summed E-state index contributed by atoms with van der Waals surface area (Å²) in [7, 11) is -5.03. The van der Waals surface area contributed by atoms with Gasteiger partial charge in [-0.3, -0.25) is 13.8 Å². The average Bonchev–Trinajstić information content (AvgIpc) is 3.21. The van der Waals surface area contributed by atoms with Gasteiger partial charge in [0, 0.05) is 13.0 Å². The molecule has 1 aliphatic carbocycles. The second-order valence-electron chi connectivity index (χ2n) is 15.2. The van der Waals surface area contributed by atoms with Gasteiger partial charge >= 0.3 is 13.8 Å². The van der Waals surface area contributed by atoms with E-state index in [9.17, 15) is 39.8 Å². The summed E-state index contributed by atoms with van der Waals surface area (Å²) in [6.07, 6.45) is 31.4. The van der Waals surface area contributed by atoms with Gasteiger partial charge in [0.2, 0.25) is 0 Å². The van der Waals surface area contributed by atoms with Gasteiger partial charge in [0.25, 0.3) is 0 Å². The summed E-state index contributed by atoms with van der Waals surface area (Å²) in [6, 6.07) is 0. The number of carbonyl (C=O) groups is 1. The van der Waals surface area contributed by atoms with Gasteiger partial charge in [0.1, 0.15) is 42.7 Å². The zero-order chi connectivity index (χ0) is 42.7. The average molecular weight is 843 g/mol. The number of allylic oxidation sites excluding steroid dienone is 10. The highest BCUT2D eigenvalue weighted by Gasteiger charge is 2.51. The van der Waals surface area contributed by atoms with Gasteiger partial charge in [0.15, 0.2) is 0 Å². The molecule has 58 heavy (non-hydrogen) atoms. The number of phosphoric acid groups is 1. The first-order chi connectivity index (χ1) is 28.0. The highest BCUT2D eigenvalue weighted by molar-refractivity contribution is 7.47. The standard InChI is InChI=1S/C45H79O12P/c1-3-5-7-9-11-13-15-17-19-21-23-25-27-29-31-33-35-54-36-38(37-55-58(52,53)57-45-43(50)41(48)40(47)42(49)44(45)51)56-39(46)34-32-30-28-26-24-22-20-18-16-14-12-10-8-6-4-2/h6,8,11-14,17-20,38,40-45,47-51H,3-5,7,9-10,15-16,21-37H2,1-2H3,(H,52,53)/b8-6-,13-11-,14-12-,19-17-,20-18-. The number of aliphatic hydroxyl groups excluding tert-OH is 5. The van der Waals surface area contributed by atoms with Crippen molar-refractivity contribution in [2.75, 3.05) is 19.8 Å². The van der Waals surface area contributed by atoms with E-state index in [1.54, 1.807) is 0 Å². The van der Waals surface area contributed by atoms with Crippen LogP contribution in [-0.4, -0.2) is 98.9 Å². The molecule has 13 heteroatoms. The highest BCUT2D eigenvalue weighted by Crippen LogP contribution is 2.47. The Morgan fingerprint density at radius 2 is 1.02 bits per heavy atom. The first kappa shape index (κ1) is 54.1. The van der Waals surface area contributed by atoms with Crippen molar-refractivity contribution >= 4 is 13.8 Å². The molecule has 0 spiro atoms.